The van der Waals surface area contributed by atoms with Crippen molar-refractivity contribution in [2.45, 2.75) is 39.4 Å². The van der Waals surface area contributed by atoms with E-state index in [1.807, 2.05) is 12.3 Å². The number of benzene rings is 2. The lowest BCUT2D eigenvalue weighted by Crippen LogP contribution is -2.36. The highest BCUT2D eigenvalue weighted by Gasteiger charge is 2.11. The number of fused-ring (bicyclic) bond motifs is 1. The molecule has 2 aromatic carbocycles. The van der Waals surface area contributed by atoms with E-state index in [4.69, 9.17) is 4.99 Å². The number of nitrogens with one attached hydrogen (secondary N) is 2. The second-order valence-electron chi connectivity index (χ2n) is 7.84. The largest absolute Gasteiger partial charge is 0.357 e. The van der Waals surface area contributed by atoms with Gasteiger partial charge in [-0.05, 0) is 55.6 Å². The maximum Gasteiger partial charge on any atom is 0.191 e. The summed E-state index contributed by atoms with van der Waals surface area (Å²) in [6.07, 6.45) is 4.52. The van der Waals surface area contributed by atoms with Crippen LogP contribution >= 0.6 is 24.0 Å². The van der Waals surface area contributed by atoms with E-state index in [0.29, 0.717) is 13.1 Å². The molecule has 2 N–H and O–H groups in total. The van der Waals surface area contributed by atoms with Crippen molar-refractivity contribution in [1.82, 2.24) is 20.5 Å². The molecule has 1 aliphatic heterocycles. The second-order valence-corrected chi connectivity index (χ2v) is 7.84. The lowest BCUT2D eigenvalue weighted by atomic mass is 10.1. The Hall–Kier alpha value is -2.19. The first kappa shape index (κ1) is 23.5. The summed E-state index contributed by atoms with van der Waals surface area (Å²) in [5.41, 5.74) is 4.82. The van der Waals surface area contributed by atoms with E-state index in [9.17, 15) is 0 Å². The molecule has 0 bridgehead atoms. The number of aliphatic imine (C=N–C) groups is 1. The van der Waals surface area contributed by atoms with E-state index >= 15 is 0 Å². The van der Waals surface area contributed by atoms with Crippen LogP contribution in [0.3, 0.4) is 0 Å². The predicted molar refractivity (Wildman–Crippen MR) is 140 cm³/mol. The third kappa shape index (κ3) is 6.64. The zero-order valence-electron chi connectivity index (χ0n) is 18.2. The first-order valence-corrected chi connectivity index (χ1v) is 11.0. The Balaban J connectivity index is 0.00000272. The monoisotopic (exact) mass is 529 g/mol. The molecular formula is C25H32IN5. The molecule has 4 rings (SSSR count). The average Bonchev–Trinajstić information content (AvgIpc) is 3.30. The Morgan fingerprint density at radius 2 is 1.71 bits per heavy atom. The smallest absolute Gasteiger partial charge is 0.191 e. The Labute approximate surface area is 202 Å². The van der Waals surface area contributed by atoms with Crippen LogP contribution in [0.15, 0.2) is 65.8 Å². The molecule has 5 nitrogen and oxygen atoms in total. The van der Waals surface area contributed by atoms with Gasteiger partial charge in [-0.15, -0.1) is 24.0 Å². The molecule has 164 valence electrons. The SMILES string of the molecule is CCNC(=NCc1ccc(CN2CCCC2)cc1)NCc1cccc2cccnc12.I. The van der Waals surface area contributed by atoms with Crippen LogP contribution in [0.5, 0.6) is 0 Å². The predicted octanol–water partition coefficient (Wildman–Crippen LogP) is 4.70. The summed E-state index contributed by atoms with van der Waals surface area (Å²) in [7, 11) is 0. The molecule has 2 heterocycles. The molecule has 0 spiro atoms. The minimum absolute atomic E-state index is 0. The summed E-state index contributed by atoms with van der Waals surface area (Å²) in [6.45, 7) is 7.79. The normalized spacial score (nSPS) is 14.4. The molecule has 0 saturated carbocycles. The zero-order chi connectivity index (χ0) is 20.6. The number of guanidine groups is 1. The lowest BCUT2D eigenvalue weighted by Gasteiger charge is -2.15. The highest BCUT2D eigenvalue weighted by Crippen LogP contribution is 2.16. The van der Waals surface area contributed by atoms with Crippen LogP contribution < -0.4 is 10.6 Å². The van der Waals surface area contributed by atoms with Gasteiger partial charge in [0.2, 0.25) is 0 Å². The molecule has 1 saturated heterocycles. The van der Waals surface area contributed by atoms with Gasteiger partial charge in [0.05, 0.1) is 12.1 Å². The first-order valence-electron chi connectivity index (χ1n) is 11.0. The van der Waals surface area contributed by atoms with Crippen molar-refractivity contribution in [3.05, 3.63) is 77.5 Å². The van der Waals surface area contributed by atoms with E-state index in [2.05, 4.69) is 76.0 Å². The number of hydrogen-bond acceptors (Lipinski definition) is 3. The number of rotatable bonds is 7. The van der Waals surface area contributed by atoms with Gasteiger partial charge in [0.25, 0.3) is 0 Å². The van der Waals surface area contributed by atoms with Crippen LogP contribution in [0.1, 0.15) is 36.5 Å². The van der Waals surface area contributed by atoms with Gasteiger partial charge in [0.1, 0.15) is 0 Å². The van der Waals surface area contributed by atoms with Crippen LogP contribution in [0.25, 0.3) is 10.9 Å². The number of likely N-dealkylation sites (tertiary alicyclic amines) is 1. The van der Waals surface area contributed by atoms with Gasteiger partial charge >= 0.3 is 0 Å². The van der Waals surface area contributed by atoms with Gasteiger partial charge in [0.15, 0.2) is 5.96 Å². The number of hydrogen-bond donors (Lipinski definition) is 2. The molecule has 0 unspecified atom stereocenters. The van der Waals surface area contributed by atoms with E-state index in [1.54, 1.807) is 0 Å². The van der Waals surface area contributed by atoms with E-state index in [0.717, 1.165) is 30.0 Å². The minimum Gasteiger partial charge on any atom is -0.357 e. The fraction of sp³-hybridized carbons (Fsp3) is 0.360. The van der Waals surface area contributed by atoms with Crippen molar-refractivity contribution in [2.75, 3.05) is 19.6 Å². The summed E-state index contributed by atoms with van der Waals surface area (Å²) in [6, 6.07) is 19.2. The van der Waals surface area contributed by atoms with Gasteiger partial charge in [-0.1, -0.05) is 48.5 Å². The Morgan fingerprint density at radius 3 is 2.48 bits per heavy atom. The van der Waals surface area contributed by atoms with E-state index in [1.165, 1.54) is 42.6 Å². The molecule has 3 aromatic rings. The van der Waals surface area contributed by atoms with Crippen LogP contribution in [-0.4, -0.2) is 35.5 Å². The van der Waals surface area contributed by atoms with Gasteiger partial charge in [-0.2, -0.15) is 0 Å². The van der Waals surface area contributed by atoms with Crippen LogP contribution in [0.4, 0.5) is 0 Å². The fourth-order valence-electron chi connectivity index (χ4n) is 3.95. The van der Waals surface area contributed by atoms with Crippen molar-refractivity contribution in [2.24, 2.45) is 4.99 Å². The lowest BCUT2D eigenvalue weighted by molar-refractivity contribution is 0.331. The van der Waals surface area contributed by atoms with E-state index in [-0.39, 0.29) is 24.0 Å². The van der Waals surface area contributed by atoms with E-state index < -0.39 is 0 Å². The standard InChI is InChI=1S/C25H31N5.HI/c1-2-26-25(29-18-23-8-5-7-22-9-6-14-27-24(22)23)28-17-20-10-12-21(13-11-20)19-30-15-3-4-16-30;/h5-14H,2-4,15-19H2,1H3,(H2,26,28,29);1H. The number of para-hydroxylation sites is 1. The maximum absolute atomic E-state index is 4.78. The third-order valence-corrected chi connectivity index (χ3v) is 5.55. The van der Waals surface area contributed by atoms with Gasteiger partial charge in [-0.3, -0.25) is 9.88 Å². The number of nitrogens with zero attached hydrogens (tertiary/aromatic N) is 3. The summed E-state index contributed by atoms with van der Waals surface area (Å²) in [5, 5.41) is 7.95. The molecule has 0 aliphatic carbocycles. The molecule has 1 aromatic heterocycles. The van der Waals surface area contributed by atoms with Crippen LogP contribution in [-0.2, 0) is 19.6 Å². The molecule has 6 heteroatoms. The number of pyridine rings is 1. The summed E-state index contributed by atoms with van der Waals surface area (Å²) in [4.78, 5) is 11.8. The number of aromatic nitrogens is 1. The van der Waals surface area contributed by atoms with Crippen molar-refractivity contribution < 1.29 is 0 Å². The quantitative estimate of drug-likeness (QED) is 0.265. The fourth-order valence-corrected chi connectivity index (χ4v) is 3.95. The second kappa shape index (κ2) is 12.0. The highest BCUT2D eigenvalue weighted by molar-refractivity contribution is 14.0. The zero-order valence-corrected chi connectivity index (χ0v) is 20.5. The highest BCUT2D eigenvalue weighted by atomic mass is 127. The van der Waals surface area contributed by atoms with Gasteiger partial charge in [0, 0.05) is 31.2 Å². The van der Waals surface area contributed by atoms with Crippen molar-refractivity contribution in [3.8, 4) is 0 Å². The van der Waals surface area contributed by atoms with Crippen molar-refractivity contribution in [1.29, 1.82) is 0 Å². The van der Waals surface area contributed by atoms with Crippen LogP contribution in [0.2, 0.25) is 0 Å². The van der Waals surface area contributed by atoms with Crippen molar-refractivity contribution in [3.63, 3.8) is 0 Å². The number of halogens is 1. The summed E-state index contributed by atoms with van der Waals surface area (Å²) >= 11 is 0. The molecule has 1 aliphatic rings. The Kier molecular flexibility index (Phi) is 9.09. The van der Waals surface area contributed by atoms with Gasteiger partial charge < -0.3 is 10.6 Å². The summed E-state index contributed by atoms with van der Waals surface area (Å²) < 4.78 is 0. The molecular weight excluding hydrogens is 497 g/mol. The molecule has 31 heavy (non-hydrogen) atoms. The molecule has 0 amide bonds. The average molecular weight is 529 g/mol. The summed E-state index contributed by atoms with van der Waals surface area (Å²) in [5.74, 6) is 0.826. The molecule has 0 radical (unpaired) electrons. The minimum atomic E-state index is 0. The third-order valence-electron chi connectivity index (χ3n) is 5.55. The topological polar surface area (TPSA) is 52.6 Å². The maximum atomic E-state index is 4.78. The molecule has 0 atom stereocenters. The van der Waals surface area contributed by atoms with Crippen molar-refractivity contribution >= 4 is 40.8 Å². The van der Waals surface area contributed by atoms with Crippen LogP contribution in [0, 0.1) is 0 Å². The Bertz CT molecular complexity index is 975. The molecule has 1 fully saturated rings. The Morgan fingerprint density at radius 1 is 0.968 bits per heavy atom. The first-order chi connectivity index (χ1) is 14.8. The van der Waals surface area contributed by atoms with Gasteiger partial charge in [-0.25, -0.2) is 4.99 Å².